The number of nitrogens with one attached hydrogen (secondary N) is 1. The molecule has 2 rings (SSSR count). The first-order chi connectivity index (χ1) is 8.50. The minimum Gasteiger partial charge on any atom is -0.300 e. The lowest BCUT2D eigenvalue weighted by Crippen LogP contribution is -2.06. The first-order valence-corrected chi connectivity index (χ1v) is 6.76. The molecule has 0 saturated heterocycles. The molecule has 0 radical (unpaired) electrons. The van der Waals surface area contributed by atoms with Crippen molar-refractivity contribution >= 4 is 35.4 Å². The molecule has 1 N–H and O–H groups in total. The fourth-order valence-corrected chi connectivity index (χ4v) is 2.33. The van der Waals surface area contributed by atoms with Crippen molar-refractivity contribution in [3.63, 3.8) is 0 Å². The molecular weight excluding hydrogens is 289 g/mol. The van der Waals surface area contributed by atoms with Gasteiger partial charge in [-0.1, -0.05) is 43.1 Å². The molecule has 0 saturated carbocycles. The summed E-state index contributed by atoms with van der Waals surface area (Å²) < 4.78 is 2.53. The Morgan fingerprint density at radius 1 is 1.39 bits per heavy atom. The highest BCUT2D eigenvalue weighted by atomic mass is 35.5. The lowest BCUT2D eigenvalue weighted by molar-refractivity contribution is 0.521. The van der Waals surface area contributed by atoms with Crippen LogP contribution in [0.2, 0.25) is 10.0 Å². The van der Waals surface area contributed by atoms with Gasteiger partial charge in [0.1, 0.15) is 0 Å². The third-order valence-corrected chi connectivity index (χ3v) is 3.63. The number of halogens is 2. The van der Waals surface area contributed by atoms with Crippen molar-refractivity contribution in [2.24, 2.45) is 5.92 Å². The second-order valence-electron chi connectivity index (χ2n) is 4.46. The van der Waals surface area contributed by atoms with Gasteiger partial charge in [0.15, 0.2) is 10.6 Å². The normalized spacial score (nSPS) is 11.2. The highest BCUT2D eigenvalue weighted by molar-refractivity contribution is 7.71. The average molecular weight is 302 g/mol. The van der Waals surface area contributed by atoms with Crippen LogP contribution in [0.1, 0.15) is 13.8 Å². The molecule has 1 heterocycles. The Balaban J connectivity index is 2.58. The van der Waals surface area contributed by atoms with Gasteiger partial charge in [-0.15, -0.1) is 0 Å². The van der Waals surface area contributed by atoms with Crippen LogP contribution >= 0.6 is 35.4 Å². The van der Waals surface area contributed by atoms with Crippen LogP contribution in [0.5, 0.6) is 0 Å². The molecule has 96 valence electrons. The summed E-state index contributed by atoms with van der Waals surface area (Å²) in [7, 11) is 0. The number of hydrogen-bond donors (Lipinski definition) is 1. The zero-order valence-electron chi connectivity index (χ0n) is 10.1. The minimum absolute atomic E-state index is 0.464. The van der Waals surface area contributed by atoms with Crippen molar-refractivity contribution in [3.8, 4) is 11.4 Å². The van der Waals surface area contributed by atoms with E-state index in [2.05, 4.69) is 24.0 Å². The molecule has 1 aromatic carbocycles. The van der Waals surface area contributed by atoms with Gasteiger partial charge in [-0.05, 0) is 30.3 Å². The van der Waals surface area contributed by atoms with Gasteiger partial charge in [0.05, 0.1) is 10.0 Å². The maximum Gasteiger partial charge on any atom is 0.195 e. The van der Waals surface area contributed by atoms with Crippen LogP contribution in [0.4, 0.5) is 0 Å². The molecule has 0 spiro atoms. The highest BCUT2D eigenvalue weighted by Gasteiger charge is 2.14. The molecule has 0 unspecified atom stereocenters. The van der Waals surface area contributed by atoms with E-state index in [9.17, 15) is 0 Å². The second kappa shape index (κ2) is 5.43. The SMILES string of the molecule is CC(C)Cn1c(-c2cccc(Cl)c2Cl)n[nH]c1=S. The molecule has 3 nitrogen and oxygen atoms in total. The van der Waals surface area contributed by atoms with E-state index in [0.717, 1.165) is 17.9 Å². The predicted octanol–water partition coefficient (Wildman–Crippen LogP) is 4.57. The van der Waals surface area contributed by atoms with E-state index in [0.29, 0.717) is 20.7 Å². The van der Waals surface area contributed by atoms with Crippen molar-refractivity contribution < 1.29 is 0 Å². The third kappa shape index (κ3) is 2.60. The Kier molecular flexibility index (Phi) is 4.10. The summed E-state index contributed by atoms with van der Waals surface area (Å²) in [6.07, 6.45) is 0. The van der Waals surface area contributed by atoms with E-state index >= 15 is 0 Å². The quantitative estimate of drug-likeness (QED) is 0.843. The molecular formula is C12H13Cl2N3S. The summed E-state index contributed by atoms with van der Waals surface area (Å²) in [5.74, 6) is 1.19. The summed E-state index contributed by atoms with van der Waals surface area (Å²) in [4.78, 5) is 0. The third-order valence-electron chi connectivity index (χ3n) is 2.50. The lowest BCUT2D eigenvalue weighted by Gasteiger charge is -2.10. The van der Waals surface area contributed by atoms with E-state index in [1.165, 1.54) is 0 Å². The topological polar surface area (TPSA) is 33.6 Å². The Morgan fingerprint density at radius 2 is 2.11 bits per heavy atom. The molecule has 0 atom stereocenters. The molecule has 6 heteroatoms. The highest BCUT2D eigenvalue weighted by Crippen LogP contribution is 2.32. The molecule has 0 aliphatic rings. The molecule has 0 fully saturated rings. The van der Waals surface area contributed by atoms with Crippen LogP contribution in [0.3, 0.4) is 0 Å². The fraction of sp³-hybridized carbons (Fsp3) is 0.333. The van der Waals surface area contributed by atoms with E-state index < -0.39 is 0 Å². The summed E-state index contributed by atoms with van der Waals surface area (Å²) in [6, 6.07) is 5.48. The molecule has 0 aliphatic carbocycles. The smallest absolute Gasteiger partial charge is 0.195 e. The number of aromatic nitrogens is 3. The van der Waals surface area contributed by atoms with Crippen LogP contribution in [0, 0.1) is 10.7 Å². The summed E-state index contributed by atoms with van der Waals surface area (Å²) in [6.45, 7) is 5.03. The molecule has 18 heavy (non-hydrogen) atoms. The largest absolute Gasteiger partial charge is 0.300 e. The van der Waals surface area contributed by atoms with Crippen LogP contribution in [0.25, 0.3) is 11.4 Å². The number of hydrogen-bond acceptors (Lipinski definition) is 2. The van der Waals surface area contributed by atoms with Crippen LogP contribution in [0.15, 0.2) is 18.2 Å². The van der Waals surface area contributed by atoms with Gasteiger partial charge in [-0.2, -0.15) is 5.10 Å². The summed E-state index contributed by atoms with van der Waals surface area (Å²) >= 11 is 17.5. The maximum atomic E-state index is 6.21. The Morgan fingerprint density at radius 3 is 2.78 bits per heavy atom. The van der Waals surface area contributed by atoms with Gasteiger partial charge in [0.2, 0.25) is 0 Å². The van der Waals surface area contributed by atoms with Gasteiger partial charge in [0.25, 0.3) is 0 Å². The van der Waals surface area contributed by atoms with Gasteiger partial charge in [-0.25, -0.2) is 0 Å². The standard InChI is InChI=1S/C12H13Cl2N3S/c1-7(2)6-17-11(15-16-12(17)18)8-4-3-5-9(13)10(8)14/h3-5,7H,6H2,1-2H3,(H,16,18). The zero-order valence-corrected chi connectivity index (χ0v) is 12.4. The van der Waals surface area contributed by atoms with E-state index in [1.54, 1.807) is 6.07 Å². The molecule has 1 aromatic heterocycles. The van der Waals surface area contributed by atoms with Gasteiger partial charge in [-0.3, -0.25) is 9.67 Å². The van der Waals surface area contributed by atoms with Crippen LogP contribution in [-0.4, -0.2) is 14.8 Å². The molecule has 2 aromatic rings. The zero-order chi connectivity index (χ0) is 13.3. The first kappa shape index (κ1) is 13.6. The minimum atomic E-state index is 0.464. The van der Waals surface area contributed by atoms with Crippen molar-refractivity contribution in [2.75, 3.05) is 0 Å². The van der Waals surface area contributed by atoms with Crippen LogP contribution < -0.4 is 0 Å². The summed E-state index contributed by atoms with van der Waals surface area (Å²) in [5.41, 5.74) is 0.789. The van der Waals surface area contributed by atoms with Gasteiger partial charge >= 0.3 is 0 Å². The molecule has 0 bridgehead atoms. The first-order valence-electron chi connectivity index (χ1n) is 5.60. The second-order valence-corrected chi connectivity index (χ2v) is 5.63. The van der Waals surface area contributed by atoms with E-state index in [1.807, 2.05) is 16.7 Å². The Hall–Kier alpha value is -0.840. The summed E-state index contributed by atoms with van der Waals surface area (Å²) in [5, 5.41) is 8.06. The van der Waals surface area contributed by atoms with Gasteiger partial charge in [0, 0.05) is 12.1 Å². The fourth-order valence-electron chi connectivity index (χ4n) is 1.73. The Bertz CT molecular complexity index is 616. The number of benzene rings is 1. The van der Waals surface area contributed by atoms with E-state index in [-0.39, 0.29) is 0 Å². The Labute approximate surface area is 121 Å². The van der Waals surface area contributed by atoms with Crippen molar-refractivity contribution in [2.45, 2.75) is 20.4 Å². The molecule has 0 aliphatic heterocycles. The van der Waals surface area contributed by atoms with Crippen molar-refractivity contribution in [3.05, 3.63) is 33.0 Å². The number of aromatic amines is 1. The van der Waals surface area contributed by atoms with E-state index in [4.69, 9.17) is 35.4 Å². The monoisotopic (exact) mass is 301 g/mol. The van der Waals surface area contributed by atoms with Crippen molar-refractivity contribution in [1.29, 1.82) is 0 Å². The number of nitrogens with zero attached hydrogens (tertiary/aromatic N) is 2. The predicted molar refractivity (Wildman–Crippen MR) is 77.7 cm³/mol. The lowest BCUT2D eigenvalue weighted by atomic mass is 10.2. The van der Waals surface area contributed by atoms with Gasteiger partial charge < -0.3 is 0 Å². The van der Waals surface area contributed by atoms with Crippen LogP contribution in [-0.2, 0) is 6.54 Å². The molecule has 0 amide bonds. The van der Waals surface area contributed by atoms with Crippen molar-refractivity contribution in [1.82, 2.24) is 14.8 Å². The average Bonchev–Trinajstić information content (AvgIpc) is 2.64. The number of H-pyrrole nitrogens is 1. The maximum absolute atomic E-state index is 6.21. The number of rotatable bonds is 3.